The largest absolute Gasteiger partial charge is 0.393 e. The van der Waals surface area contributed by atoms with Crippen molar-refractivity contribution in [3.05, 3.63) is 35.4 Å². The van der Waals surface area contributed by atoms with Crippen LogP contribution in [0.15, 0.2) is 24.3 Å². The van der Waals surface area contributed by atoms with Crippen LogP contribution in [0.1, 0.15) is 61.5 Å². The quantitative estimate of drug-likeness (QED) is 0.855. The fourth-order valence-electron chi connectivity index (χ4n) is 3.61. The Morgan fingerprint density at radius 2 is 1.68 bits per heavy atom. The van der Waals surface area contributed by atoms with Gasteiger partial charge in [0.25, 0.3) is 0 Å². The van der Waals surface area contributed by atoms with Crippen LogP contribution in [0.2, 0.25) is 0 Å². The maximum atomic E-state index is 9.62. The summed E-state index contributed by atoms with van der Waals surface area (Å²) in [6.45, 7) is 2.31. The summed E-state index contributed by atoms with van der Waals surface area (Å²) in [7, 11) is 0. The van der Waals surface area contributed by atoms with E-state index < -0.39 is 0 Å². The Morgan fingerprint density at radius 3 is 2.37 bits per heavy atom. The van der Waals surface area contributed by atoms with Crippen molar-refractivity contribution in [1.82, 2.24) is 5.32 Å². The molecule has 1 aliphatic heterocycles. The highest BCUT2D eigenvalue weighted by atomic mass is 16.3. The molecule has 1 aliphatic carbocycles. The Balaban J connectivity index is 1.72. The van der Waals surface area contributed by atoms with Gasteiger partial charge in [0.2, 0.25) is 0 Å². The summed E-state index contributed by atoms with van der Waals surface area (Å²) >= 11 is 0. The minimum atomic E-state index is -0.0537. The molecule has 0 amide bonds. The second-order valence-corrected chi connectivity index (χ2v) is 6.22. The number of aliphatic hydroxyl groups is 1. The molecule has 0 spiro atoms. The maximum Gasteiger partial charge on any atom is 0.0540 e. The molecule has 0 radical (unpaired) electrons. The summed E-state index contributed by atoms with van der Waals surface area (Å²) in [6.07, 6.45) is 6.80. The minimum Gasteiger partial charge on any atom is -0.393 e. The van der Waals surface area contributed by atoms with Gasteiger partial charge in [0.1, 0.15) is 0 Å². The third-order valence-corrected chi connectivity index (χ3v) is 4.85. The highest BCUT2D eigenvalue weighted by Crippen LogP contribution is 2.34. The average molecular weight is 259 g/mol. The fraction of sp³-hybridized carbons (Fsp3) is 0.647. The first kappa shape index (κ1) is 13.1. The van der Waals surface area contributed by atoms with Crippen LogP contribution in [-0.2, 0) is 0 Å². The van der Waals surface area contributed by atoms with E-state index in [1.54, 1.807) is 0 Å². The van der Waals surface area contributed by atoms with Crippen LogP contribution in [0.25, 0.3) is 0 Å². The standard InChI is InChI=1S/C17H25NO/c19-17-8-6-13(7-9-17)14-3-1-4-15(11-14)16-5-2-10-18-12-16/h1,3-4,11,13,16-19H,2,5-10,12H2. The Kier molecular flexibility index (Phi) is 4.19. The zero-order valence-corrected chi connectivity index (χ0v) is 11.6. The molecule has 2 aliphatic rings. The van der Waals surface area contributed by atoms with Crippen LogP contribution in [0.3, 0.4) is 0 Å². The van der Waals surface area contributed by atoms with Crippen LogP contribution >= 0.6 is 0 Å². The molecule has 3 rings (SSSR count). The zero-order valence-electron chi connectivity index (χ0n) is 11.6. The number of rotatable bonds is 2. The molecular formula is C17H25NO. The highest BCUT2D eigenvalue weighted by molar-refractivity contribution is 5.29. The molecule has 2 N–H and O–H groups in total. The van der Waals surface area contributed by atoms with Crippen LogP contribution in [0.4, 0.5) is 0 Å². The molecule has 2 fully saturated rings. The van der Waals surface area contributed by atoms with Gasteiger partial charge in [-0.25, -0.2) is 0 Å². The van der Waals surface area contributed by atoms with Gasteiger partial charge in [0.05, 0.1) is 6.10 Å². The topological polar surface area (TPSA) is 32.3 Å². The molecule has 19 heavy (non-hydrogen) atoms. The molecule has 1 aromatic carbocycles. The molecule has 1 unspecified atom stereocenters. The van der Waals surface area contributed by atoms with Gasteiger partial charge >= 0.3 is 0 Å². The number of hydrogen-bond acceptors (Lipinski definition) is 2. The molecular weight excluding hydrogens is 234 g/mol. The molecule has 104 valence electrons. The van der Waals surface area contributed by atoms with E-state index >= 15 is 0 Å². The lowest BCUT2D eigenvalue weighted by molar-refractivity contribution is 0.122. The summed E-state index contributed by atoms with van der Waals surface area (Å²) < 4.78 is 0. The van der Waals surface area contributed by atoms with Crippen molar-refractivity contribution in [2.75, 3.05) is 13.1 Å². The van der Waals surface area contributed by atoms with E-state index in [1.807, 2.05) is 0 Å². The Labute approximate surface area is 116 Å². The smallest absolute Gasteiger partial charge is 0.0540 e. The predicted octanol–water partition coefficient (Wildman–Crippen LogP) is 3.17. The van der Waals surface area contributed by atoms with E-state index in [9.17, 15) is 5.11 Å². The van der Waals surface area contributed by atoms with Gasteiger partial charge in [-0.15, -0.1) is 0 Å². The minimum absolute atomic E-state index is 0.0537. The second kappa shape index (κ2) is 6.06. The number of aliphatic hydroxyl groups excluding tert-OH is 1. The number of nitrogens with one attached hydrogen (secondary N) is 1. The lowest BCUT2D eigenvalue weighted by Gasteiger charge is -2.27. The lowest BCUT2D eigenvalue weighted by Crippen LogP contribution is -2.28. The van der Waals surface area contributed by atoms with E-state index in [-0.39, 0.29) is 6.10 Å². The maximum absolute atomic E-state index is 9.62. The number of hydrogen-bond donors (Lipinski definition) is 2. The molecule has 1 atom stereocenters. The van der Waals surface area contributed by atoms with Gasteiger partial charge in [-0.2, -0.15) is 0 Å². The molecule has 1 saturated carbocycles. The van der Waals surface area contributed by atoms with Crippen molar-refractivity contribution in [1.29, 1.82) is 0 Å². The van der Waals surface area contributed by atoms with Crippen LogP contribution < -0.4 is 5.32 Å². The van der Waals surface area contributed by atoms with Gasteiger partial charge in [-0.1, -0.05) is 24.3 Å². The average Bonchev–Trinajstić information content (AvgIpc) is 2.49. The zero-order chi connectivity index (χ0) is 13.1. The molecule has 2 heteroatoms. The fourth-order valence-corrected chi connectivity index (χ4v) is 3.61. The van der Waals surface area contributed by atoms with Crippen molar-refractivity contribution >= 4 is 0 Å². The van der Waals surface area contributed by atoms with Crippen molar-refractivity contribution < 1.29 is 5.11 Å². The molecule has 1 heterocycles. The van der Waals surface area contributed by atoms with Crippen molar-refractivity contribution in [3.8, 4) is 0 Å². The molecule has 1 aromatic rings. The van der Waals surface area contributed by atoms with Gasteiger partial charge in [-0.05, 0) is 68.0 Å². The molecule has 0 aromatic heterocycles. The van der Waals surface area contributed by atoms with Gasteiger partial charge < -0.3 is 10.4 Å². The number of benzene rings is 1. The lowest BCUT2D eigenvalue weighted by atomic mass is 9.81. The normalized spacial score (nSPS) is 32.2. The monoisotopic (exact) mass is 259 g/mol. The van der Waals surface area contributed by atoms with Crippen LogP contribution in [0, 0.1) is 0 Å². The molecule has 2 nitrogen and oxygen atoms in total. The van der Waals surface area contributed by atoms with E-state index in [2.05, 4.69) is 29.6 Å². The van der Waals surface area contributed by atoms with Gasteiger partial charge in [0, 0.05) is 6.54 Å². The second-order valence-electron chi connectivity index (χ2n) is 6.22. The summed E-state index contributed by atoms with van der Waals surface area (Å²) in [4.78, 5) is 0. The summed E-state index contributed by atoms with van der Waals surface area (Å²) in [5.41, 5.74) is 3.01. The summed E-state index contributed by atoms with van der Waals surface area (Å²) in [5.74, 6) is 1.36. The Bertz CT molecular complexity index is 403. The SMILES string of the molecule is OC1CCC(c2cccc(C3CCCNC3)c2)CC1. The highest BCUT2D eigenvalue weighted by Gasteiger charge is 2.22. The van der Waals surface area contributed by atoms with E-state index in [0.717, 1.165) is 32.2 Å². The Hall–Kier alpha value is -0.860. The van der Waals surface area contributed by atoms with Gasteiger partial charge in [0.15, 0.2) is 0 Å². The van der Waals surface area contributed by atoms with Crippen LogP contribution in [0.5, 0.6) is 0 Å². The van der Waals surface area contributed by atoms with E-state index in [0.29, 0.717) is 11.8 Å². The third kappa shape index (κ3) is 3.18. The molecule has 1 saturated heterocycles. The summed E-state index contributed by atoms with van der Waals surface area (Å²) in [6, 6.07) is 9.23. The Morgan fingerprint density at radius 1 is 0.947 bits per heavy atom. The van der Waals surface area contributed by atoms with Crippen molar-refractivity contribution in [2.45, 2.75) is 56.5 Å². The third-order valence-electron chi connectivity index (χ3n) is 4.85. The number of piperidine rings is 1. The molecule has 0 bridgehead atoms. The first-order valence-electron chi connectivity index (χ1n) is 7.81. The van der Waals surface area contributed by atoms with Crippen molar-refractivity contribution in [2.24, 2.45) is 0 Å². The van der Waals surface area contributed by atoms with Gasteiger partial charge in [-0.3, -0.25) is 0 Å². The van der Waals surface area contributed by atoms with Crippen molar-refractivity contribution in [3.63, 3.8) is 0 Å². The predicted molar refractivity (Wildman–Crippen MR) is 78.5 cm³/mol. The summed E-state index contributed by atoms with van der Waals surface area (Å²) in [5, 5.41) is 13.1. The van der Waals surface area contributed by atoms with E-state index in [4.69, 9.17) is 0 Å². The van der Waals surface area contributed by atoms with E-state index in [1.165, 1.54) is 30.5 Å². The first-order valence-corrected chi connectivity index (χ1v) is 7.81. The van der Waals surface area contributed by atoms with Crippen LogP contribution in [-0.4, -0.2) is 24.3 Å². The first-order chi connectivity index (χ1) is 9.33.